The monoisotopic (exact) mass is 323 g/mol. The molecule has 2 aromatic heterocycles. The zero-order valence-electron chi connectivity index (χ0n) is 12.5. The summed E-state index contributed by atoms with van der Waals surface area (Å²) in [7, 11) is 0. The van der Waals surface area contributed by atoms with Gasteiger partial charge in [0.2, 0.25) is 0 Å². The maximum absolute atomic E-state index is 6.39. The number of hydrogen-bond acceptors (Lipinski definition) is 4. The van der Waals surface area contributed by atoms with Crippen LogP contribution in [0.15, 0.2) is 36.5 Å². The summed E-state index contributed by atoms with van der Waals surface area (Å²) in [5, 5.41) is 0. The summed E-state index contributed by atoms with van der Waals surface area (Å²) < 4.78 is 0.812. The van der Waals surface area contributed by atoms with Crippen molar-refractivity contribution in [1.29, 1.82) is 0 Å². The van der Waals surface area contributed by atoms with Crippen LogP contribution >= 0.6 is 22.9 Å². The molecule has 0 aliphatic heterocycles. The van der Waals surface area contributed by atoms with E-state index >= 15 is 0 Å². The van der Waals surface area contributed by atoms with Crippen molar-refractivity contribution in [3.63, 3.8) is 0 Å². The number of hydrogen-bond donors (Lipinski definition) is 1. The zero-order chi connectivity index (χ0) is 15.2. The van der Waals surface area contributed by atoms with E-state index in [0.717, 1.165) is 29.5 Å². The summed E-state index contributed by atoms with van der Waals surface area (Å²) in [5.41, 5.74) is 7.46. The lowest BCUT2D eigenvalue weighted by Gasteiger charge is -2.33. The Bertz CT molecular complexity index is 543. The molecule has 2 atom stereocenters. The second-order valence-electron chi connectivity index (χ2n) is 5.04. The molecule has 0 radical (unpaired) electrons. The molecule has 0 bridgehead atoms. The summed E-state index contributed by atoms with van der Waals surface area (Å²) >= 11 is 7.72. The predicted octanol–water partition coefficient (Wildman–Crippen LogP) is 4.10. The predicted molar refractivity (Wildman–Crippen MR) is 90.7 cm³/mol. The van der Waals surface area contributed by atoms with E-state index in [1.807, 2.05) is 24.4 Å². The highest BCUT2D eigenvalue weighted by Crippen LogP contribution is 2.33. The number of thiophene rings is 1. The van der Waals surface area contributed by atoms with E-state index in [0.29, 0.717) is 0 Å². The lowest BCUT2D eigenvalue weighted by Crippen LogP contribution is -2.40. The zero-order valence-corrected chi connectivity index (χ0v) is 14.1. The molecule has 2 N–H and O–H groups in total. The van der Waals surface area contributed by atoms with Crippen LogP contribution in [0.5, 0.6) is 0 Å². The molecule has 21 heavy (non-hydrogen) atoms. The lowest BCUT2D eigenvalue weighted by molar-refractivity contribution is 0.170. The van der Waals surface area contributed by atoms with Gasteiger partial charge in [0.1, 0.15) is 0 Å². The number of halogens is 1. The first-order chi connectivity index (χ1) is 10.2. The van der Waals surface area contributed by atoms with Gasteiger partial charge in [-0.15, -0.1) is 11.3 Å². The molecule has 3 nitrogen and oxygen atoms in total. The van der Waals surface area contributed by atoms with Crippen LogP contribution in [0.3, 0.4) is 0 Å². The van der Waals surface area contributed by atoms with Gasteiger partial charge in [0.25, 0.3) is 0 Å². The first-order valence-corrected chi connectivity index (χ1v) is 8.49. The van der Waals surface area contributed by atoms with Crippen LogP contribution in [0.4, 0.5) is 0 Å². The minimum Gasteiger partial charge on any atom is -0.326 e. The molecular formula is C16H22ClN3S. The Kier molecular flexibility index (Phi) is 6.18. The number of likely N-dealkylation sites (N-methyl/N-ethyl adjacent to an activating group) is 1. The van der Waals surface area contributed by atoms with Gasteiger partial charge in [0, 0.05) is 23.7 Å². The van der Waals surface area contributed by atoms with Crippen LogP contribution in [0.2, 0.25) is 4.34 Å². The normalized spacial score (nSPS) is 14.3. The van der Waals surface area contributed by atoms with Gasteiger partial charge >= 0.3 is 0 Å². The number of rotatable bonds is 7. The smallest absolute Gasteiger partial charge is 0.0931 e. The molecule has 0 aliphatic rings. The van der Waals surface area contributed by atoms with Gasteiger partial charge < -0.3 is 5.73 Å². The summed E-state index contributed by atoms with van der Waals surface area (Å²) in [5.74, 6) is 0. The summed E-state index contributed by atoms with van der Waals surface area (Å²) in [6.45, 7) is 6.00. The van der Waals surface area contributed by atoms with Gasteiger partial charge in [-0.1, -0.05) is 31.5 Å². The summed E-state index contributed by atoms with van der Waals surface area (Å²) in [4.78, 5) is 8.03. The molecule has 0 aromatic carbocycles. The highest BCUT2D eigenvalue weighted by atomic mass is 35.5. The molecule has 2 rings (SSSR count). The molecule has 114 valence electrons. The van der Waals surface area contributed by atoms with E-state index in [4.69, 9.17) is 17.3 Å². The summed E-state index contributed by atoms with van der Waals surface area (Å²) in [6, 6.07) is 10.3. The molecule has 2 aromatic rings. The Morgan fingerprint density at radius 3 is 2.62 bits per heavy atom. The lowest BCUT2D eigenvalue weighted by atomic mass is 10.0. The van der Waals surface area contributed by atoms with Gasteiger partial charge in [0.15, 0.2) is 0 Å². The molecule has 0 saturated heterocycles. The van der Waals surface area contributed by atoms with Gasteiger partial charge in [-0.05, 0) is 37.2 Å². The third kappa shape index (κ3) is 4.27. The molecule has 2 unspecified atom stereocenters. The molecule has 0 saturated carbocycles. The molecule has 0 fully saturated rings. The van der Waals surface area contributed by atoms with E-state index in [9.17, 15) is 0 Å². The molecule has 0 amide bonds. The number of nitrogens with zero attached hydrogens (tertiary/aromatic N) is 2. The second kappa shape index (κ2) is 7.90. The van der Waals surface area contributed by atoms with E-state index < -0.39 is 0 Å². The average molecular weight is 324 g/mol. The molecule has 5 heteroatoms. The number of nitrogens with two attached hydrogens (primary N) is 1. The van der Waals surface area contributed by atoms with Crippen molar-refractivity contribution >= 4 is 22.9 Å². The minimum absolute atomic E-state index is 0.0865. The molecule has 0 aliphatic carbocycles. The Morgan fingerprint density at radius 1 is 1.29 bits per heavy atom. The first-order valence-electron chi connectivity index (χ1n) is 7.30. The standard InChI is InChI=1S/C16H22ClN3S/c1-3-13(18)16(14-8-9-15(17)21-14)20(4-2)11-12-7-5-6-10-19-12/h5-10,13,16H,3-4,11,18H2,1-2H3. The Balaban J connectivity index is 2.25. The summed E-state index contributed by atoms with van der Waals surface area (Å²) in [6.07, 6.45) is 2.76. The van der Waals surface area contributed by atoms with Crippen molar-refractivity contribution < 1.29 is 0 Å². The largest absolute Gasteiger partial charge is 0.326 e. The Morgan fingerprint density at radius 2 is 2.10 bits per heavy atom. The topological polar surface area (TPSA) is 42.1 Å². The second-order valence-corrected chi connectivity index (χ2v) is 6.79. The molecule has 0 spiro atoms. The Labute approximate surface area is 135 Å². The van der Waals surface area contributed by atoms with Gasteiger partial charge in [-0.25, -0.2) is 0 Å². The van der Waals surface area contributed by atoms with Crippen molar-refractivity contribution in [2.75, 3.05) is 6.54 Å². The van der Waals surface area contributed by atoms with Crippen molar-refractivity contribution in [2.45, 2.75) is 38.9 Å². The SMILES string of the molecule is CCC(N)C(c1ccc(Cl)s1)N(CC)Cc1ccccn1. The molecular weight excluding hydrogens is 302 g/mol. The fraction of sp³-hybridized carbons (Fsp3) is 0.438. The fourth-order valence-electron chi connectivity index (χ4n) is 2.48. The minimum atomic E-state index is 0.0865. The van der Waals surface area contributed by atoms with Gasteiger partial charge in [-0.2, -0.15) is 0 Å². The van der Waals surface area contributed by atoms with E-state index in [-0.39, 0.29) is 12.1 Å². The maximum atomic E-state index is 6.39. The third-order valence-corrected chi connectivity index (χ3v) is 4.96. The van der Waals surface area contributed by atoms with Crippen LogP contribution in [0.25, 0.3) is 0 Å². The van der Waals surface area contributed by atoms with Crippen LogP contribution in [0.1, 0.15) is 36.9 Å². The van der Waals surface area contributed by atoms with Crippen LogP contribution < -0.4 is 5.73 Å². The van der Waals surface area contributed by atoms with E-state index in [2.05, 4.69) is 35.9 Å². The number of pyridine rings is 1. The third-order valence-electron chi connectivity index (χ3n) is 3.65. The van der Waals surface area contributed by atoms with E-state index in [1.54, 1.807) is 11.3 Å². The van der Waals surface area contributed by atoms with Crippen molar-refractivity contribution in [3.05, 3.63) is 51.4 Å². The highest BCUT2D eigenvalue weighted by molar-refractivity contribution is 7.16. The first kappa shape index (κ1) is 16.4. The van der Waals surface area contributed by atoms with Crippen LogP contribution in [-0.2, 0) is 6.54 Å². The van der Waals surface area contributed by atoms with E-state index in [1.165, 1.54) is 4.88 Å². The van der Waals surface area contributed by atoms with Crippen molar-refractivity contribution in [2.24, 2.45) is 5.73 Å². The van der Waals surface area contributed by atoms with Gasteiger partial charge in [-0.3, -0.25) is 9.88 Å². The average Bonchev–Trinajstić information content (AvgIpc) is 2.93. The number of aromatic nitrogens is 1. The fourth-order valence-corrected chi connectivity index (χ4v) is 3.75. The highest BCUT2D eigenvalue weighted by Gasteiger charge is 2.26. The van der Waals surface area contributed by atoms with Crippen LogP contribution in [0, 0.1) is 0 Å². The Hall–Kier alpha value is -0.940. The van der Waals surface area contributed by atoms with Crippen LogP contribution in [-0.4, -0.2) is 22.5 Å². The quantitative estimate of drug-likeness (QED) is 0.834. The maximum Gasteiger partial charge on any atom is 0.0931 e. The van der Waals surface area contributed by atoms with Crippen molar-refractivity contribution in [1.82, 2.24) is 9.88 Å². The van der Waals surface area contributed by atoms with Gasteiger partial charge in [0.05, 0.1) is 16.1 Å². The molecule has 2 heterocycles. The van der Waals surface area contributed by atoms with Crippen molar-refractivity contribution in [3.8, 4) is 0 Å².